The minimum atomic E-state index is -0.220. The van der Waals surface area contributed by atoms with E-state index in [1.54, 1.807) is 12.3 Å². The van der Waals surface area contributed by atoms with Crippen LogP contribution in [0.3, 0.4) is 0 Å². The number of aliphatic hydroxyl groups excluding tert-OH is 1. The summed E-state index contributed by atoms with van der Waals surface area (Å²) in [5.74, 6) is 0.711. The Morgan fingerprint density at radius 1 is 1.18 bits per heavy atom. The Morgan fingerprint density at radius 3 is 2.67 bits per heavy atom. The molecule has 5 rings (SSSR count). The molecule has 3 aromatic rings. The van der Waals surface area contributed by atoms with E-state index in [1.165, 1.54) is 5.56 Å². The van der Waals surface area contributed by atoms with Crippen LogP contribution in [0, 0.1) is 19.3 Å². The summed E-state index contributed by atoms with van der Waals surface area (Å²) < 4.78 is 0. The molecule has 1 saturated heterocycles. The third kappa shape index (κ3) is 3.77. The summed E-state index contributed by atoms with van der Waals surface area (Å²) >= 11 is 12.5. The molecule has 0 aromatic carbocycles. The number of aliphatic hydroxyl groups is 1. The molecule has 1 aliphatic heterocycles. The molecule has 1 atom stereocenters. The van der Waals surface area contributed by atoms with E-state index in [2.05, 4.69) is 27.9 Å². The first kappa shape index (κ1) is 22.5. The Hall–Kier alpha value is -2.32. The lowest BCUT2D eigenvalue weighted by Gasteiger charge is -2.42. The molecule has 0 unspecified atom stereocenters. The molecule has 1 spiro atoms. The van der Waals surface area contributed by atoms with Gasteiger partial charge in [-0.3, -0.25) is 4.98 Å². The molecule has 0 radical (unpaired) electrons. The topological polar surface area (TPSA) is 101 Å². The molecule has 0 saturated carbocycles. The van der Waals surface area contributed by atoms with Crippen LogP contribution in [0.25, 0.3) is 11.3 Å². The number of pyridine rings is 2. The number of anilines is 1. The molecule has 7 nitrogen and oxygen atoms in total. The average Bonchev–Trinajstić information content (AvgIpc) is 3.07. The maximum absolute atomic E-state index is 10.1. The van der Waals surface area contributed by atoms with Gasteiger partial charge in [-0.25, -0.2) is 15.0 Å². The standard InChI is InChI=1S/C24H26Cl2N6O/c1-13-9-16-17(29-11-13)10-24(21(16)27)4-7-32(8-5-24)23-18(12-33)31-20(14(2)30-23)15-3-6-28-22(26)19(15)25/h3,6,9,11,21,33H,4-5,7-8,10,12,27H2,1-2H3/t21-/m0/s1. The van der Waals surface area contributed by atoms with E-state index in [4.69, 9.17) is 38.9 Å². The van der Waals surface area contributed by atoms with E-state index >= 15 is 0 Å². The predicted molar refractivity (Wildman–Crippen MR) is 129 cm³/mol. The van der Waals surface area contributed by atoms with Crippen molar-refractivity contribution in [3.05, 3.63) is 62.9 Å². The van der Waals surface area contributed by atoms with Crippen LogP contribution in [0.1, 0.15) is 47.1 Å². The van der Waals surface area contributed by atoms with E-state index in [0.29, 0.717) is 27.8 Å². The van der Waals surface area contributed by atoms with Gasteiger partial charge in [-0.2, -0.15) is 0 Å². The lowest BCUT2D eigenvalue weighted by atomic mass is 9.73. The monoisotopic (exact) mass is 484 g/mol. The summed E-state index contributed by atoms with van der Waals surface area (Å²) in [5, 5.41) is 10.6. The normalized spacial score (nSPS) is 19.2. The minimum Gasteiger partial charge on any atom is -0.390 e. The molecular weight excluding hydrogens is 459 g/mol. The van der Waals surface area contributed by atoms with Crippen LogP contribution >= 0.6 is 23.2 Å². The zero-order valence-corrected chi connectivity index (χ0v) is 20.2. The summed E-state index contributed by atoms with van der Waals surface area (Å²) in [6.07, 6.45) is 6.29. The van der Waals surface area contributed by atoms with Crippen molar-refractivity contribution in [2.45, 2.75) is 45.8 Å². The first-order valence-corrected chi connectivity index (χ1v) is 11.8. The number of nitrogens with two attached hydrogens (primary N) is 1. The van der Waals surface area contributed by atoms with Gasteiger partial charge in [0.05, 0.1) is 23.0 Å². The first-order chi connectivity index (χ1) is 15.8. The van der Waals surface area contributed by atoms with E-state index < -0.39 is 0 Å². The van der Waals surface area contributed by atoms with Gasteiger partial charge in [-0.1, -0.05) is 29.3 Å². The van der Waals surface area contributed by atoms with Gasteiger partial charge < -0.3 is 15.7 Å². The molecule has 0 bridgehead atoms. The quantitative estimate of drug-likeness (QED) is 0.537. The van der Waals surface area contributed by atoms with Crippen molar-refractivity contribution in [3.8, 4) is 11.3 Å². The van der Waals surface area contributed by atoms with Crippen molar-refractivity contribution in [2.75, 3.05) is 18.0 Å². The van der Waals surface area contributed by atoms with Crippen LogP contribution < -0.4 is 10.6 Å². The van der Waals surface area contributed by atoms with Gasteiger partial charge in [0.25, 0.3) is 0 Å². The Bertz CT molecular complexity index is 1230. The number of halogens is 2. The van der Waals surface area contributed by atoms with E-state index in [9.17, 15) is 5.11 Å². The second-order valence-corrected chi connectivity index (χ2v) is 9.84. The maximum Gasteiger partial charge on any atom is 0.153 e. The first-order valence-electron chi connectivity index (χ1n) is 11.1. The number of hydrogen-bond acceptors (Lipinski definition) is 7. The van der Waals surface area contributed by atoms with Gasteiger partial charge >= 0.3 is 0 Å². The van der Waals surface area contributed by atoms with Gasteiger partial charge in [0.2, 0.25) is 0 Å². The Kier molecular flexibility index (Phi) is 5.77. The van der Waals surface area contributed by atoms with Crippen molar-refractivity contribution in [2.24, 2.45) is 11.1 Å². The molecule has 1 aliphatic carbocycles. The molecule has 9 heteroatoms. The number of hydrogen-bond donors (Lipinski definition) is 2. The number of fused-ring (bicyclic) bond motifs is 1. The molecule has 0 amide bonds. The summed E-state index contributed by atoms with van der Waals surface area (Å²) in [7, 11) is 0. The lowest BCUT2D eigenvalue weighted by molar-refractivity contribution is 0.186. The molecule has 33 heavy (non-hydrogen) atoms. The highest BCUT2D eigenvalue weighted by Gasteiger charge is 2.47. The summed E-state index contributed by atoms with van der Waals surface area (Å²) in [6.45, 7) is 5.32. The number of aromatic nitrogens is 4. The third-order valence-electron chi connectivity index (χ3n) is 7.09. The SMILES string of the molecule is Cc1cnc2c(c1)[C@H](N)C1(CCN(c3nc(C)c(-c4ccnc(Cl)c4Cl)nc3CO)CC1)C2. The van der Waals surface area contributed by atoms with Crippen molar-refractivity contribution in [1.29, 1.82) is 0 Å². The van der Waals surface area contributed by atoms with Crippen LogP contribution in [0.2, 0.25) is 10.2 Å². The zero-order chi connectivity index (χ0) is 23.3. The smallest absolute Gasteiger partial charge is 0.153 e. The van der Waals surface area contributed by atoms with Gasteiger partial charge in [-0.05, 0) is 55.7 Å². The molecule has 1 fully saturated rings. The maximum atomic E-state index is 10.1. The molecular formula is C24H26Cl2N6O. The highest BCUT2D eigenvalue weighted by molar-refractivity contribution is 6.42. The fraction of sp³-hybridized carbons (Fsp3) is 0.417. The number of piperidine rings is 1. The van der Waals surface area contributed by atoms with E-state index in [1.807, 2.05) is 13.1 Å². The number of rotatable bonds is 3. The number of aryl methyl sites for hydroxylation is 2. The van der Waals surface area contributed by atoms with Crippen LogP contribution in [-0.2, 0) is 13.0 Å². The molecule has 2 aliphatic rings. The van der Waals surface area contributed by atoms with Crippen LogP contribution in [-0.4, -0.2) is 38.1 Å². The van der Waals surface area contributed by atoms with Gasteiger partial charge in [0, 0.05) is 42.8 Å². The second kappa shape index (κ2) is 8.47. The number of nitrogens with zero attached hydrogens (tertiary/aromatic N) is 5. The van der Waals surface area contributed by atoms with E-state index in [0.717, 1.165) is 49.3 Å². The lowest BCUT2D eigenvalue weighted by Crippen LogP contribution is -2.45. The van der Waals surface area contributed by atoms with Crippen molar-refractivity contribution in [3.63, 3.8) is 0 Å². The van der Waals surface area contributed by atoms with E-state index in [-0.39, 0.29) is 23.2 Å². The highest BCUT2D eigenvalue weighted by atomic mass is 35.5. The van der Waals surface area contributed by atoms with Crippen molar-refractivity contribution < 1.29 is 5.11 Å². The van der Waals surface area contributed by atoms with Gasteiger partial charge in [0.15, 0.2) is 5.82 Å². The Morgan fingerprint density at radius 2 is 1.94 bits per heavy atom. The van der Waals surface area contributed by atoms with Gasteiger partial charge in [0.1, 0.15) is 10.8 Å². The summed E-state index contributed by atoms with van der Waals surface area (Å²) in [6, 6.07) is 3.93. The third-order valence-corrected chi connectivity index (χ3v) is 7.85. The fourth-order valence-electron chi connectivity index (χ4n) is 5.22. The fourth-order valence-corrected chi connectivity index (χ4v) is 5.58. The molecule has 4 heterocycles. The van der Waals surface area contributed by atoms with Crippen molar-refractivity contribution >= 4 is 29.0 Å². The predicted octanol–water partition coefficient (Wildman–Crippen LogP) is 4.19. The zero-order valence-electron chi connectivity index (χ0n) is 18.6. The molecule has 3 aromatic heterocycles. The average molecular weight is 485 g/mol. The minimum absolute atomic E-state index is 0.00635. The van der Waals surface area contributed by atoms with Crippen LogP contribution in [0.4, 0.5) is 5.82 Å². The molecule has 172 valence electrons. The Labute approximate surface area is 203 Å². The second-order valence-electron chi connectivity index (χ2n) is 9.10. The van der Waals surface area contributed by atoms with Crippen LogP contribution in [0.5, 0.6) is 0 Å². The Balaban J connectivity index is 1.41. The largest absolute Gasteiger partial charge is 0.390 e. The summed E-state index contributed by atoms with van der Waals surface area (Å²) in [4.78, 5) is 20.4. The van der Waals surface area contributed by atoms with Crippen LogP contribution in [0.15, 0.2) is 24.5 Å². The highest BCUT2D eigenvalue weighted by Crippen LogP contribution is 2.50. The molecule has 3 N–H and O–H groups in total. The van der Waals surface area contributed by atoms with Gasteiger partial charge in [-0.15, -0.1) is 0 Å². The summed E-state index contributed by atoms with van der Waals surface area (Å²) in [5.41, 5.74) is 12.7. The van der Waals surface area contributed by atoms with Crippen molar-refractivity contribution in [1.82, 2.24) is 19.9 Å².